The first-order valence-electron chi connectivity index (χ1n) is 10.1. The van der Waals surface area contributed by atoms with E-state index in [1.54, 1.807) is 48.4 Å². The van der Waals surface area contributed by atoms with E-state index in [0.29, 0.717) is 17.8 Å². The van der Waals surface area contributed by atoms with E-state index in [2.05, 4.69) is 4.98 Å². The fourth-order valence-electron chi connectivity index (χ4n) is 3.81. The summed E-state index contributed by atoms with van der Waals surface area (Å²) in [5, 5.41) is 0.168. The van der Waals surface area contributed by atoms with Crippen molar-refractivity contribution in [2.24, 2.45) is 0 Å². The van der Waals surface area contributed by atoms with Gasteiger partial charge in [-0.05, 0) is 42.2 Å². The summed E-state index contributed by atoms with van der Waals surface area (Å²) >= 11 is 1.02. The minimum Gasteiger partial charge on any atom is -0.497 e. The predicted molar refractivity (Wildman–Crippen MR) is 118 cm³/mol. The molecule has 0 N–H and O–H groups in total. The summed E-state index contributed by atoms with van der Waals surface area (Å²) in [4.78, 5) is 18.9. The Labute approximate surface area is 188 Å². The van der Waals surface area contributed by atoms with Gasteiger partial charge in [-0.25, -0.2) is 4.98 Å². The zero-order valence-electron chi connectivity index (χ0n) is 17.4. The van der Waals surface area contributed by atoms with E-state index in [1.165, 1.54) is 6.20 Å². The molecule has 0 saturated carbocycles. The van der Waals surface area contributed by atoms with Crippen LogP contribution in [0, 0.1) is 0 Å². The topological polar surface area (TPSA) is 47.4 Å². The molecule has 1 aliphatic heterocycles. The first kappa shape index (κ1) is 22.3. The Morgan fingerprint density at radius 1 is 1.19 bits per heavy atom. The fraction of sp³-hybridized carbons (Fsp3) is 0.304. The number of aryl methyl sites for hydroxylation is 1. The third kappa shape index (κ3) is 4.93. The van der Waals surface area contributed by atoms with Crippen LogP contribution >= 0.6 is 11.8 Å². The van der Waals surface area contributed by atoms with Crippen LogP contribution in [0.2, 0.25) is 0 Å². The number of imidazole rings is 1. The van der Waals surface area contributed by atoms with Gasteiger partial charge in [0.05, 0.1) is 24.8 Å². The Morgan fingerprint density at radius 3 is 2.69 bits per heavy atom. The highest BCUT2D eigenvalue weighted by Gasteiger charge is 2.31. The molecule has 5 nitrogen and oxygen atoms in total. The zero-order chi connectivity index (χ0) is 22.7. The average molecular weight is 462 g/mol. The summed E-state index contributed by atoms with van der Waals surface area (Å²) < 4.78 is 46.2. The standard InChI is InChI=1S/C23H22F3N3O2S/c1-31-18-9-10-19-17(12-18)8-5-11-28(19)21(30)14-32-22-27-13-20(16-6-3-2-4-7-16)29(22)15-23(24,25)26/h2-4,6-7,9-10,12-13H,5,8,11,14-15H2,1H3. The Hall–Kier alpha value is -2.94. The summed E-state index contributed by atoms with van der Waals surface area (Å²) in [5.74, 6) is 0.563. The van der Waals surface area contributed by atoms with Crippen LogP contribution in [0.5, 0.6) is 5.75 Å². The van der Waals surface area contributed by atoms with Gasteiger partial charge in [0.25, 0.3) is 0 Å². The quantitative estimate of drug-likeness (QED) is 0.474. The monoisotopic (exact) mass is 461 g/mol. The normalized spacial score (nSPS) is 13.7. The third-order valence-corrected chi connectivity index (χ3v) is 6.23. The smallest absolute Gasteiger partial charge is 0.406 e. The highest BCUT2D eigenvalue weighted by Crippen LogP contribution is 2.33. The van der Waals surface area contributed by atoms with Gasteiger partial charge in [-0.3, -0.25) is 4.79 Å². The second kappa shape index (κ2) is 9.28. The van der Waals surface area contributed by atoms with E-state index >= 15 is 0 Å². The zero-order valence-corrected chi connectivity index (χ0v) is 18.2. The Kier molecular flexibility index (Phi) is 6.45. The summed E-state index contributed by atoms with van der Waals surface area (Å²) in [7, 11) is 1.59. The molecule has 32 heavy (non-hydrogen) atoms. The summed E-state index contributed by atoms with van der Waals surface area (Å²) in [6.45, 7) is -0.592. The molecule has 168 valence electrons. The van der Waals surface area contributed by atoms with Crippen LogP contribution in [-0.2, 0) is 17.8 Å². The summed E-state index contributed by atoms with van der Waals surface area (Å²) in [5.41, 5.74) is 2.86. The molecule has 0 fully saturated rings. The number of halogens is 3. The number of amides is 1. The molecular weight excluding hydrogens is 439 g/mol. The van der Waals surface area contributed by atoms with E-state index in [9.17, 15) is 18.0 Å². The number of hydrogen-bond acceptors (Lipinski definition) is 4. The first-order chi connectivity index (χ1) is 15.4. The van der Waals surface area contributed by atoms with E-state index in [4.69, 9.17) is 4.74 Å². The molecule has 1 amide bonds. The van der Waals surface area contributed by atoms with Crippen LogP contribution in [0.4, 0.5) is 18.9 Å². The number of carbonyl (C=O) groups is 1. The number of benzene rings is 2. The van der Waals surface area contributed by atoms with Crippen LogP contribution in [0.25, 0.3) is 11.3 Å². The molecule has 0 saturated heterocycles. The number of methoxy groups -OCH3 is 1. The van der Waals surface area contributed by atoms with Gasteiger partial charge in [0.1, 0.15) is 12.3 Å². The number of hydrogen-bond donors (Lipinski definition) is 0. The Morgan fingerprint density at radius 2 is 1.97 bits per heavy atom. The minimum absolute atomic E-state index is 0.00539. The maximum Gasteiger partial charge on any atom is 0.406 e. The van der Waals surface area contributed by atoms with Crippen LogP contribution in [0.1, 0.15) is 12.0 Å². The second-order valence-electron chi connectivity index (χ2n) is 7.43. The van der Waals surface area contributed by atoms with Crippen LogP contribution in [0.3, 0.4) is 0 Å². The predicted octanol–water partition coefficient (Wildman–Crippen LogP) is 5.19. The van der Waals surface area contributed by atoms with Crippen molar-refractivity contribution >= 4 is 23.4 Å². The molecule has 0 spiro atoms. The highest BCUT2D eigenvalue weighted by molar-refractivity contribution is 7.99. The van der Waals surface area contributed by atoms with Gasteiger partial charge >= 0.3 is 6.18 Å². The third-order valence-electron chi connectivity index (χ3n) is 5.26. The van der Waals surface area contributed by atoms with Crippen molar-refractivity contribution in [1.82, 2.24) is 9.55 Å². The lowest BCUT2D eigenvalue weighted by molar-refractivity contribution is -0.141. The lowest BCUT2D eigenvalue weighted by Gasteiger charge is -2.29. The highest BCUT2D eigenvalue weighted by atomic mass is 32.2. The minimum atomic E-state index is -4.41. The van der Waals surface area contributed by atoms with Crippen molar-refractivity contribution in [2.45, 2.75) is 30.7 Å². The molecule has 0 bridgehead atoms. The van der Waals surface area contributed by atoms with Crippen LogP contribution in [0.15, 0.2) is 59.9 Å². The molecule has 2 heterocycles. The number of rotatable bonds is 6. The number of fused-ring (bicyclic) bond motifs is 1. The average Bonchev–Trinajstić information content (AvgIpc) is 3.17. The van der Waals surface area contributed by atoms with E-state index < -0.39 is 12.7 Å². The number of nitrogens with zero attached hydrogens (tertiary/aromatic N) is 3. The van der Waals surface area contributed by atoms with E-state index in [0.717, 1.165) is 46.2 Å². The SMILES string of the molecule is COc1ccc2c(c1)CCCN2C(=O)CSc1ncc(-c2ccccc2)n1CC(F)(F)F. The van der Waals surface area contributed by atoms with E-state index in [-0.39, 0.29) is 16.8 Å². The molecule has 3 aromatic rings. The molecule has 2 aromatic carbocycles. The van der Waals surface area contributed by atoms with Gasteiger partial charge in [-0.15, -0.1) is 0 Å². The van der Waals surface area contributed by atoms with Crippen LogP contribution < -0.4 is 9.64 Å². The first-order valence-corrected chi connectivity index (χ1v) is 11.1. The molecule has 9 heteroatoms. The van der Waals surface area contributed by atoms with Gasteiger partial charge in [0.2, 0.25) is 5.91 Å². The summed E-state index contributed by atoms with van der Waals surface area (Å²) in [6, 6.07) is 14.4. The summed E-state index contributed by atoms with van der Waals surface area (Å²) in [6.07, 6.45) is -1.32. The molecular formula is C23H22F3N3O2S. The maximum atomic E-state index is 13.3. The lowest BCUT2D eigenvalue weighted by atomic mass is 10.0. The number of alkyl halides is 3. The lowest BCUT2D eigenvalue weighted by Crippen LogP contribution is -2.36. The number of aromatic nitrogens is 2. The van der Waals surface area contributed by atoms with Crippen molar-refractivity contribution in [3.63, 3.8) is 0 Å². The van der Waals surface area contributed by atoms with Crippen LogP contribution in [-0.4, -0.2) is 41.0 Å². The number of carbonyl (C=O) groups excluding carboxylic acids is 1. The maximum absolute atomic E-state index is 13.3. The van der Waals surface area contributed by atoms with Crippen molar-refractivity contribution in [1.29, 1.82) is 0 Å². The fourth-order valence-corrected chi connectivity index (χ4v) is 4.66. The van der Waals surface area contributed by atoms with Crippen molar-refractivity contribution in [3.8, 4) is 17.0 Å². The van der Waals surface area contributed by atoms with Gasteiger partial charge in [0.15, 0.2) is 5.16 Å². The Bertz CT molecular complexity index is 1100. The van der Waals surface area contributed by atoms with Crippen molar-refractivity contribution in [2.75, 3.05) is 24.3 Å². The molecule has 0 atom stereocenters. The largest absolute Gasteiger partial charge is 0.497 e. The number of thioether (sulfide) groups is 1. The molecule has 1 aliphatic rings. The Balaban J connectivity index is 1.54. The molecule has 4 rings (SSSR count). The van der Waals surface area contributed by atoms with Crippen molar-refractivity contribution in [3.05, 3.63) is 60.3 Å². The molecule has 1 aromatic heterocycles. The molecule has 0 unspecified atom stereocenters. The van der Waals surface area contributed by atoms with Gasteiger partial charge in [0, 0.05) is 12.2 Å². The van der Waals surface area contributed by atoms with Gasteiger partial charge in [-0.1, -0.05) is 42.1 Å². The van der Waals surface area contributed by atoms with Gasteiger partial charge in [-0.2, -0.15) is 13.2 Å². The molecule has 0 radical (unpaired) electrons. The second-order valence-corrected chi connectivity index (χ2v) is 8.37. The number of anilines is 1. The number of ether oxygens (including phenoxy) is 1. The molecule has 0 aliphatic carbocycles. The van der Waals surface area contributed by atoms with E-state index in [1.807, 2.05) is 12.1 Å². The van der Waals surface area contributed by atoms with Crippen molar-refractivity contribution < 1.29 is 22.7 Å². The van der Waals surface area contributed by atoms with Gasteiger partial charge < -0.3 is 14.2 Å².